The van der Waals surface area contributed by atoms with Crippen LogP contribution in [0.1, 0.15) is 25.6 Å². The Morgan fingerprint density at radius 3 is 2.45 bits per heavy atom. The fourth-order valence-corrected chi connectivity index (χ4v) is 3.70. The molecule has 0 aliphatic rings. The van der Waals surface area contributed by atoms with Gasteiger partial charge in [-0.3, -0.25) is 9.59 Å². The van der Waals surface area contributed by atoms with Crippen molar-refractivity contribution in [1.29, 1.82) is 0 Å². The zero-order valence-electron chi connectivity index (χ0n) is 17.3. The van der Waals surface area contributed by atoms with Crippen LogP contribution in [0, 0.1) is 5.82 Å². The highest BCUT2D eigenvalue weighted by Gasteiger charge is 2.19. The summed E-state index contributed by atoms with van der Waals surface area (Å²) in [7, 11) is 3.86. The first-order valence-electron chi connectivity index (χ1n) is 9.66. The quantitative estimate of drug-likeness (QED) is 0.516. The lowest BCUT2D eigenvalue weighted by Gasteiger charge is -2.25. The van der Waals surface area contributed by atoms with E-state index in [1.165, 1.54) is 23.5 Å². The van der Waals surface area contributed by atoms with Crippen LogP contribution in [0.25, 0.3) is 0 Å². The first-order valence-corrected chi connectivity index (χ1v) is 10.9. The summed E-state index contributed by atoms with van der Waals surface area (Å²) in [4.78, 5) is 29.9. The number of halogens is 2. The van der Waals surface area contributed by atoms with E-state index in [1.807, 2.05) is 24.4 Å². The number of rotatable bonds is 8. The molecule has 31 heavy (non-hydrogen) atoms. The van der Waals surface area contributed by atoms with Crippen LogP contribution < -0.4 is 5.32 Å². The molecule has 0 atom stereocenters. The van der Waals surface area contributed by atoms with Gasteiger partial charge in [-0.1, -0.05) is 29.8 Å². The molecule has 0 fully saturated rings. The van der Waals surface area contributed by atoms with E-state index < -0.39 is 0 Å². The molecule has 0 bridgehead atoms. The highest BCUT2D eigenvalue weighted by molar-refractivity contribution is 7.12. The molecule has 0 aliphatic carbocycles. The number of carbonyl (C=O) groups excluding carboxylic acids is 2. The molecule has 5 nitrogen and oxygen atoms in total. The Balaban J connectivity index is 1.82. The van der Waals surface area contributed by atoms with Gasteiger partial charge < -0.3 is 15.1 Å². The smallest absolute Gasteiger partial charge is 0.265 e. The zero-order valence-corrected chi connectivity index (χ0v) is 18.8. The number of hydrogen-bond acceptors (Lipinski definition) is 4. The van der Waals surface area contributed by atoms with Gasteiger partial charge >= 0.3 is 0 Å². The van der Waals surface area contributed by atoms with Crippen molar-refractivity contribution in [1.82, 2.24) is 9.80 Å². The maximum Gasteiger partial charge on any atom is 0.265 e. The monoisotopic (exact) mass is 459 g/mol. The fraction of sp³-hybridized carbons (Fsp3) is 0.217. The number of likely N-dealkylation sites (N-methyl/N-ethyl adjacent to an activating group) is 1. The van der Waals surface area contributed by atoms with E-state index in [0.29, 0.717) is 40.8 Å². The van der Waals surface area contributed by atoms with Crippen LogP contribution in [-0.2, 0) is 6.54 Å². The molecule has 0 saturated carbocycles. The predicted molar refractivity (Wildman–Crippen MR) is 123 cm³/mol. The number of thiophene rings is 1. The van der Waals surface area contributed by atoms with Crippen LogP contribution in [0.5, 0.6) is 0 Å². The number of nitrogens with zero attached hydrogens (tertiary/aromatic N) is 2. The van der Waals surface area contributed by atoms with Crippen LogP contribution >= 0.6 is 22.9 Å². The third kappa shape index (κ3) is 6.37. The average molecular weight is 460 g/mol. The van der Waals surface area contributed by atoms with Crippen molar-refractivity contribution in [3.63, 3.8) is 0 Å². The lowest BCUT2D eigenvalue weighted by Crippen LogP contribution is -2.36. The summed E-state index contributed by atoms with van der Waals surface area (Å²) >= 11 is 7.58. The van der Waals surface area contributed by atoms with E-state index in [9.17, 15) is 14.0 Å². The van der Waals surface area contributed by atoms with E-state index >= 15 is 0 Å². The number of anilines is 1. The number of benzene rings is 2. The minimum absolute atomic E-state index is 0.200. The Morgan fingerprint density at radius 1 is 1.06 bits per heavy atom. The van der Waals surface area contributed by atoms with Crippen LogP contribution in [0.2, 0.25) is 5.02 Å². The standard InChI is InChI=1S/C23H23ClFN3O2S/c1-27(2)11-12-28(15-16-5-8-18(25)9-6-16)23(30)17-7-10-19(24)20(14-17)26-22(29)21-4-3-13-31-21/h3-10,13-14H,11-12,15H2,1-2H3,(H,26,29). The molecule has 0 radical (unpaired) electrons. The molecule has 162 valence electrons. The first kappa shape index (κ1) is 22.9. The maximum absolute atomic E-state index is 13.3. The van der Waals surface area contributed by atoms with Crippen LogP contribution in [0.4, 0.5) is 10.1 Å². The summed E-state index contributed by atoms with van der Waals surface area (Å²) < 4.78 is 13.3. The topological polar surface area (TPSA) is 52.6 Å². The Bertz CT molecular complexity index is 1040. The molecule has 3 rings (SSSR count). The molecule has 1 heterocycles. The summed E-state index contributed by atoms with van der Waals surface area (Å²) in [5.41, 5.74) is 1.61. The third-order valence-electron chi connectivity index (χ3n) is 4.60. The first-order chi connectivity index (χ1) is 14.8. The zero-order chi connectivity index (χ0) is 22.4. The van der Waals surface area contributed by atoms with Crippen molar-refractivity contribution in [2.75, 3.05) is 32.5 Å². The van der Waals surface area contributed by atoms with Crippen LogP contribution in [0.15, 0.2) is 60.0 Å². The Labute approximate surface area is 190 Å². The van der Waals surface area contributed by atoms with Gasteiger partial charge in [0.15, 0.2) is 0 Å². The summed E-state index contributed by atoms with van der Waals surface area (Å²) in [6.45, 7) is 1.50. The van der Waals surface area contributed by atoms with Crippen molar-refractivity contribution in [3.8, 4) is 0 Å². The van der Waals surface area contributed by atoms with Gasteiger partial charge in [0, 0.05) is 25.2 Å². The molecule has 0 unspecified atom stereocenters. The summed E-state index contributed by atoms with van der Waals surface area (Å²) in [5.74, 6) is -0.800. The third-order valence-corrected chi connectivity index (χ3v) is 5.80. The van der Waals surface area contributed by atoms with Crippen molar-refractivity contribution in [2.45, 2.75) is 6.54 Å². The molecule has 8 heteroatoms. The molecule has 0 saturated heterocycles. The second kappa shape index (κ2) is 10.5. The van der Waals surface area contributed by atoms with Gasteiger partial charge in [0.2, 0.25) is 0 Å². The summed E-state index contributed by atoms with van der Waals surface area (Å²) in [6.07, 6.45) is 0. The molecule has 2 amide bonds. The second-order valence-corrected chi connectivity index (χ2v) is 8.64. The van der Waals surface area contributed by atoms with E-state index in [1.54, 1.807) is 47.4 Å². The number of nitrogens with one attached hydrogen (secondary N) is 1. The van der Waals surface area contributed by atoms with E-state index in [4.69, 9.17) is 11.6 Å². The number of amides is 2. The Hall–Kier alpha value is -2.74. The highest BCUT2D eigenvalue weighted by Crippen LogP contribution is 2.25. The molecule has 1 N–H and O–H groups in total. The number of carbonyl (C=O) groups is 2. The molecular formula is C23H23ClFN3O2S. The van der Waals surface area contributed by atoms with Crippen LogP contribution in [-0.4, -0.2) is 48.8 Å². The van der Waals surface area contributed by atoms with E-state index in [-0.39, 0.29) is 17.6 Å². The van der Waals surface area contributed by atoms with Gasteiger partial charge in [0.25, 0.3) is 11.8 Å². The largest absolute Gasteiger partial charge is 0.333 e. The molecule has 3 aromatic rings. The van der Waals surface area contributed by atoms with Gasteiger partial charge in [-0.2, -0.15) is 0 Å². The summed E-state index contributed by atoms with van der Waals surface area (Å²) in [5, 5.41) is 4.93. The van der Waals surface area contributed by atoms with Crippen molar-refractivity contribution in [3.05, 3.63) is 86.8 Å². The lowest BCUT2D eigenvalue weighted by molar-refractivity contribution is 0.0731. The van der Waals surface area contributed by atoms with Gasteiger partial charge in [-0.25, -0.2) is 4.39 Å². The summed E-state index contributed by atoms with van der Waals surface area (Å²) in [6, 6.07) is 14.4. The van der Waals surface area contributed by atoms with E-state index in [2.05, 4.69) is 5.32 Å². The van der Waals surface area contributed by atoms with Gasteiger partial charge in [-0.15, -0.1) is 11.3 Å². The Morgan fingerprint density at radius 2 is 1.81 bits per heavy atom. The molecular weight excluding hydrogens is 437 g/mol. The van der Waals surface area contributed by atoms with Crippen molar-refractivity contribution >= 4 is 40.4 Å². The maximum atomic E-state index is 13.3. The van der Waals surface area contributed by atoms with Crippen LogP contribution in [0.3, 0.4) is 0 Å². The van der Waals surface area contributed by atoms with E-state index in [0.717, 1.165) is 5.56 Å². The van der Waals surface area contributed by atoms with Gasteiger partial charge in [0.05, 0.1) is 15.6 Å². The lowest BCUT2D eigenvalue weighted by atomic mass is 10.1. The SMILES string of the molecule is CN(C)CCN(Cc1ccc(F)cc1)C(=O)c1ccc(Cl)c(NC(=O)c2cccs2)c1. The fourth-order valence-electron chi connectivity index (χ4n) is 2.91. The number of hydrogen-bond donors (Lipinski definition) is 1. The molecule has 2 aromatic carbocycles. The second-order valence-electron chi connectivity index (χ2n) is 7.28. The predicted octanol–water partition coefficient (Wildman–Crippen LogP) is 5.00. The van der Waals surface area contributed by atoms with Crippen molar-refractivity contribution in [2.24, 2.45) is 0 Å². The average Bonchev–Trinajstić information content (AvgIpc) is 3.28. The van der Waals surface area contributed by atoms with Gasteiger partial charge in [0.1, 0.15) is 5.82 Å². The van der Waals surface area contributed by atoms with Crippen molar-refractivity contribution < 1.29 is 14.0 Å². The molecule has 0 aliphatic heterocycles. The Kier molecular flexibility index (Phi) is 7.79. The highest BCUT2D eigenvalue weighted by atomic mass is 35.5. The minimum atomic E-state index is -0.321. The minimum Gasteiger partial charge on any atom is -0.333 e. The molecule has 1 aromatic heterocycles. The van der Waals surface area contributed by atoms with Gasteiger partial charge in [-0.05, 0) is 61.4 Å². The molecule has 0 spiro atoms. The normalized spacial score (nSPS) is 10.9.